The number of imidazole rings is 1. The van der Waals surface area contributed by atoms with Crippen LogP contribution in [0.15, 0.2) is 30.5 Å². The van der Waals surface area contributed by atoms with E-state index in [9.17, 15) is 9.18 Å². The normalized spacial score (nSPS) is 14.1. The van der Waals surface area contributed by atoms with Crippen molar-refractivity contribution in [1.29, 1.82) is 0 Å². The van der Waals surface area contributed by atoms with Gasteiger partial charge in [0.15, 0.2) is 4.77 Å². The molecule has 1 aliphatic rings. The third kappa shape index (κ3) is 3.32. The summed E-state index contributed by atoms with van der Waals surface area (Å²) in [4.78, 5) is 24.9. The second-order valence-corrected chi connectivity index (χ2v) is 6.76. The smallest absolute Gasteiger partial charge is 0.253 e. The molecule has 1 aromatic carbocycles. The van der Waals surface area contributed by atoms with E-state index in [0.717, 1.165) is 24.5 Å². The molecule has 3 heterocycles. The molecular weight excluding hydrogens is 353 g/mol. The van der Waals surface area contributed by atoms with Gasteiger partial charge in [0.1, 0.15) is 11.6 Å². The summed E-state index contributed by atoms with van der Waals surface area (Å²) in [5.74, 6) is 0.0736. The first-order valence-corrected chi connectivity index (χ1v) is 8.90. The number of hydrogen-bond donors (Lipinski definition) is 3. The van der Waals surface area contributed by atoms with Gasteiger partial charge in [-0.2, -0.15) is 0 Å². The van der Waals surface area contributed by atoms with Gasteiger partial charge < -0.3 is 20.2 Å². The number of halogens is 1. The Morgan fingerprint density at radius 1 is 1.27 bits per heavy atom. The summed E-state index contributed by atoms with van der Waals surface area (Å²) in [5, 5.41) is 2.84. The zero-order valence-corrected chi connectivity index (χ0v) is 14.8. The third-order valence-electron chi connectivity index (χ3n) is 4.53. The number of H-pyrrole nitrogens is 2. The molecular formula is C18H18FN5OS. The summed E-state index contributed by atoms with van der Waals surface area (Å²) in [6, 6.07) is 6.36. The van der Waals surface area contributed by atoms with Crippen LogP contribution in [0.3, 0.4) is 0 Å². The topological polar surface area (TPSA) is 76.8 Å². The van der Waals surface area contributed by atoms with Crippen LogP contribution in [0.2, 0.25) is 0 Å². The molecule has 1 aliphatic heterocycles. The fourth-order valence-corrected chi connectivity index (χ4v) is 3.47. The van der Waals surface area contributed by atoms with Crippen molar-refractivity contribution in [2.75, 3.05) is 18.0 Å². The van der Waals surface area contributed by atoms with E-state index in [0.29, 0.717) is 22.3 Å². The Balaban J connectivity index is 1.52. The van der Waals surface area contributed by atoms with E-state index in [2.05, 4.69) is 25.2 Å². The van der Waals surface area contributed by atoms with Crippen LogP contribution in [0.25, 0.3) is 11.0 Å². The van der Waals surface area contributed by atoms with Crippen LogP contribution >= 0.6 is 12.2 Å². The molecule has 1 amide bonds. The number of carbonyl (C=O) groups excluding carboxylic acids is 1. The molecule has 2 aromatic heterocycles. The summed E-state index contributed by atoms with van der Waals surface area (Å²) in [6.45, 7) is 2.36. The van der Waals surface area contributed by atoms with Gasteiger partial charge in [-0.25, -0.2) is 9.37 Å². The van der Waals surface area contributed by atoms with Gasteiger partial charge in [0.05, 0.1) is 16.6 Å². The van der Waals surface area contributed by atoms with Gasteiger partial charge in [0, 0.05) is 25.8 Å². The van der Waals surface area contributed by atoms with Crippen molar-refractivity contribution in [3.05, 3.63) is 52.2 Å². The van der Waals surface area contributed by atoms with Gasteiger partial charge in [-0.05, 0) is 54.9 Å². The summed E-state index contributed by atoms with van der Waals surface area (Å²) in [6.07, 6.45) is 4.10. The fraction of sp³-hybridized carbons (Fsp3) is 0.278. The highest BCUT2D eigenvalue weighted by Crippen LogP contribution is 2.20. The lowest BCUT2D eigenvalue weighted by molar-refractivity contribution is 0.0952. The van der Waals surface area contributed by atoms with E-state index in [4.69, 9.17) is 12.2 Å². The van der Waals surface area contributed by atoms with E-state index in [1.807, 2.05) is 12.1 Å². The van der Waals surface area contributed by atoms with Crippen LogP contribution in [0, 0.1) is 10.6 Å². The number of fused-ring (bicyclic) bond motifs is 1. The number of pyridine rings is 1. The molecule has 1 saturated heterocycles. The number of hydrogen-bond acceptors (Lipinski definition) is 4. The summed E-state index contributed by atoms with van der Waals surface area (Å²) in [7, 11) is 0. The molecule has 26 heavy (non-hydrogen) atoms. The van der Waals surface area contributed by atoms with E-state index >= 15 is 0 Å². The van der Waals surface area contributed by atoms with E-state index in [1.54, 1.807) is 6.20 Å². The van der Waals surface area contributed by atoms with Crippen molar-refractivity contribution in [3.8, 4) is 0 Å². The molecule has 0 atom stereocenters. The second kappa shape index (κ2) is 6.87. The van der Waals surface area contributed by atoms with Crippen LogP contribution in [0.1, 0.15) is 28.8 Å². The van der Waals surface area contributed by atoms with Crippen molar-refractivity contribution >= 4 is 35.0 Å². The number of carbonyl (C=O) groups is 1. The highest BCUT2D eigenvalue weighted by molar-refractivity contribution is 7.71. The first kappa shape index (κ1) is 16.7. The van der Waals surface area contributed by atoms with Gasteiger partial charge in [0.2, 0.25) is 0 Å². The van der Waals surface area contributed by atoms with Crippen molar-refractivity contribution in [2.24, 2.45) is 0 Å². The fourth-order valence-electron chi connectivity index (χ4n) is 3.25. The number of nitrogens with zero attached hydrogens (tertiary/aromatic N) is 2. The molecule has 3 N–H and O–H groups in total. The lowest BCUT2D eigenvalue weighted by Crippen LogP contribution is -2.24. The van der Waals surface area contributed by atoms with Crippen molar-refractivity contribution < 1.29 is 9.18 Å². The molecule has 3 aromatic rings. The molecule has 1 fully saturated rings. The predicted octanol–water partition coefficient (Wildman–Crippen LogP) is 3.29. The molecule has 8 heteroatoms. The standard InChI is InChI=1S/C18H18FN5OS/c19-12-8-13(16-14(9-12)22-18(26)23-16)17(25)21-10-11-3-4-20-15(7-11)24-5-1-2-6-24/h3-4,7-9H,1-2,5-6,10H2,(H,21,25)(H2,22,23,26). The average Bonchev–Trinajstić information content (AvgIpc) is 3.28. The Hall–Kier alpha value is -2.74. The minimum atomic E-state index is -0.492. The molecule has 0 saturated carbocycles. The molecule has 6 nitrogen and oxygen atoms in total. The maximum absolute atomic E-state index is 13.8. The first-order chi connectivity index (χ1) is 12.6. The lowest BCUT2D eigenvalue weighted by Gasteiger charge is -2.17. The quantitative estimate of drug-likeness (QED) is 0.615. The van der Waals surface area contributed by atoms with Gasteiger partial charge in [-0.3, -0.25) is 4.79 Å². The summed E-state index contributed by atoms with van der Waals surface area (Å²) >= 11 is 5.03. The molecule has 0 radical (unpaired) electrons. The van der Waals surface area contributed by atoms with Gasteiger partial charge in [0.25, 0.3) is 5.91 Å². The molecule has 0 bridgehead atoms. The van der Waals surface area contributed by atoms with Crippen molar-refractivity contribution in [2.45, 2.75) is 19.4 Å². The molecule has 0 unspecified atom stereocenters. The summed E-state index contributed by atoms with van der Waals surface area (Å²) < 4.78 is 14.1. The molecule has 4 rings (SSSR count). The van der Waals surface area contributed by atoms with E-state index in [1.165, 1.54) is 25.0 Å². The Bertz CT molecular complexity index is 1020. The molecule has 134 valence electrons. The van der Waals surface area contributed by atoms with Crippen LogP contribution in [0.5, 0.6) is 0 Å². The predicted molar refractivity (Wildman–Crippen MR) is 100 cm³/mol. The second-order valence-electron chi connectivity index (χ2n) is 6.35. The Morgan fingerprint density at radius 2 is 2.08 bits per heavy atom. The summed E-state index contributed by atoms with van der Waals surface area (Å²) in [5.41, 5.74) is 2.15. The van der Waals surface area contributed by atoms with E-state index < -0.39 is 5.82 Å². The average molecular weight is 371 g/mol. The van der Waals surface area contributed by atoms with Crippen molar-refractivity contribution in [3.63, 3.8) is 0 Å². The lowest BCUT2D eigenvalue weighted by atomic mass is 10.1. The number of aromatic nitrogens is 3. The van der Waals surface area contributed by atoms with Crippen LogP contribution in [-0.4, -0.2) is 33.9 Å². The number of anilines is 1. The highest BCUT2D eigenvalue weighted by Gasteiger charge is 2.16. The molecule has 0 spiro atoms. The Kier molecular flexibility index (Phi) is 4.42. The Morgan fingerprint density at radius 3 is 2.88 bits per heavy atom. The van der Waals surface area contributed by atoms with Gasteiger partial charge in [-0.15, -0.1) is 0 Å². The minimum Gasteiger partial charge on any atom is -0.357 e. The van der Waals surface area contributed by atoms with E-state index in [-0.39, 0.29) is 11.5 Å². The maximum atomic E-state index is 13.8. The SMILES string of the molecule is O=C(NCc1ccnc(N2CCCC2)c1)c1cc(F)cc2[nH]c(=S)[nH]c12. The number of rotatable bonds is 4. The number of nitrogens with one attached hydrogen (secondary N) is 3. The first-order valence-electron chi connectivity index (χ1n) is 8.50. The zero-order chi connectivity index (χ0) is 18.1. The van der Waals surface area contributed by atoms with Crippen LogP contribution in [0.4, 0.5) is 10.2 Å². The minimum absolute atomic E-state index is 0.223. The monoisotopic (exact) mass is 371 g/mol. The van der Waals surface area contributed by atoms with Gasteiger partial charge >= 0.3 is 0 Å². The Labute approximate surface area is 154 Å². The number of aromatic amines is 2. The zero-order valence-electron chi connectivity index (χ0n) is 14.0. The third-order valence-corrected chi connectivity index (χ3v) is 4.73. The van der Waals surface area contributed by atoms with Crippen LogP contribution < -0.4 is 10.2 Å². The maximum Gasteiger partial charge on any atom is 0.253 e. The highest BCUT2D eigenvalue weighted by atomic mass is 32.1. The number of benzene rings is 1. The molecule has 0 aliphatic carbocycles. The van der Waals surface area contributed by atoms with Crippen LogP contribution in [-0.2, 0) is 6.54 Å². The largest absolute Gasteiger partial charge is 0.357 e. The number of amides is 1. The van der Waals surface area contributed by atoms with Gasteiger partial charge in [-0.1, -0.05) is 0 Å². The van der Waals surface area contributed by atoms with Crippen molar-refractivity contribution in [1.82, 2.24) is 20.3 Å².